The first-order chi connectivity index (χ1) is 26.7. The van der Waals surface area contributed by atoms with Gasteiger partial charge in [-0.1, -0.05) is 278 Å². The van der Waals surface area contributed by atoms with Crippen LogP contribution in [0.4, 0.5) is 0 Å². The predicted molar refractivity (Wildman–Crippen MR) is 245 cm³/mol. The molecular weight excluding hydrogens is 677 g/mol. The normalized spacial score (nSPS) is 12.0. The van der Waals surface area contributed by atoms with Gasteiger partial charge >= 0.3 is 8.80 Å². The van der Waals surface area contributed by atoms with Crippen LogP contribution in [-0.4, -0.2) is 28.6 Å². The van der Waals surface area contributed by atoms with Crippen LogP contribution in [0.2, 0.25) is 6.04 Å². The molecule has 0 aromatic heterocycles. The van der Waals surface area contributed by atoms with Gasteiger partial charge in [-0.3, -0.25) is 0 Å². The lowest BCUT2D eigenvalue weighted by Gasteiger charge is -2.29. The standard InChI is InChI=1S/C50H104O3Si/c1-5-9-12-15-18-21-24-27-30-33-36-39-42-45-48-51-54(8-4,52-49-46-43-40-37-34-31-28-25-22-19-16-13-10-6-2)53-50-47-44-41-38-35-32-29-26-23-20-17-14-11-7-3/h5-50H2,1-4H3. The van der Waals surface area contributed by atoms with E-state index in [1.165, 1.54) is 250 Å². The van der Waals surface area contributed by atoms with Gasteiger partial charge in [0.1, 0.15) is 0 Å². The second-order valence-corrected chi connectivity index (χ2v) is 20.3. The molecule has 0 atom stereocenters. The van der Waals surface area contributed by atoms with Gasteiger partial charge in [0.2, 0.25) is 0 Å². The van der Waals surface area contributed by atoms with E-state index in [0.29, 0.717) is 0 Å². The maximum atomic E-state index is 6.62. The van der Waals surface area contributed by atoms with Crippen molar-refractivity contribution in [3.63, 3.8) is 0 Å². The fourth-order valence-corrected chi connectivity index (χ4v) is 10.2. The molecule has 0 saturated carbocycles. The fraction of sp³-hybridized carbons (Fsp3) is 1.00. The van der Waals surface area contributed by atoms with Gasteiger partial charge in [-0.25, -0.2) is 0 Å². The van der Waals surface area contributed by atoms with Gasteiger partial charge < -0.3 is 13.3 Å². The molecule has 4 heteroatoms. The van der Waals surface area contributed by atoms with E-state index in [2.05, 4.69) is 27.7 Å². The quantitative estimate of drug-likeness (QED) is 0.0455. The molecule has 326 valence electrons. The molecule has 0 amide bonds. The maximum Gasteiger partial charge on any atom is 0.500 e. The monoisotopic (exact) mass is 781 g/mol. The number of rotatable bonds is 49. The Morgan fingerprint density at radius 2 is 0.352 bits per heavy atom. The minimum atomic E-state index is -2.58. The molecule has 0 aromatic rings. The molecule has 0 aliphatic carbocycles. The molecule has 0 bridgehead atoms. The van der Waals surface area contributed by atoms with Gasteiger partial charge in [0, 0.05) is 25.9 Å². The SMILES string of the molecule is CCCCCCCCCCCCCCCCO[Si](CC)(OCCCCCCCCCCCCCCCC)OCCCCCCCCCCCCCCCC. The third-order valence-corrected chi connectivity index (χ3v) is 14.7. The molecule has 0 unspecified atom stereocenters. The van der Waals surface area contributed by atoms with E-state index >= 15 is 0 Å². The smallest absolute Gasteiger partial charge is 0.373 e. The minimum absolute atomic E-state index is 0.815. The maximum absolute atomic E-state index is 6.62. The van der Waals surface area contributed by atoms with E-state index in [1.807, 2.05) is 0 Å². The van der Waals surface area contributed by atoms with E-state index in [-0.39, 0.29) is 0 Å². The van der Waals surface area contributed by atoms with E-state index in [9.17, 15) is 0 Å². The van der Waals surface area contributed by atoms with Crippen LogP contribution in [0.25, 0.3) is 0 Å². The van der Waals surface area contributed by atoms with E-state index < -0.39 is 8.80 Å². The zero-order valence-electron chi connectivity index (χ0n) is 38.3. The summed E-state index contributed by atoms with van der Waals surface area (Å²) in [5, 5.41) is 0. The fourth-order valence-electron chi connectivity index (χ4n) is 8.00. The Kier molecular flexibility index (Phi) is 47.6. The Morgan fingerprint density at radius 1 is 0.204 bits per heavy atom. The molecule has 0 saturated heterocycles. The molecule has 54 heavy (non-hydrogen) atoms. The van der Waals surface area contributed by atoms with Crippen molar-refractivity contribution < 1.29 is 13.3 Å². The van der Waals surface area contributed by atoms with Crippen LogP contribution in [0.1, 0.15) is 297 Å². The lowest BCUT2D eigenvalue weighted by molar-refractivity contribution is 0.0563. The highest BCUT2D eigenvalue weighted by atomic mass is 28.4. The van der Waals surface area contributed by atoms with Crippen molar-refractivity contribution in [3.8, 4) is 0 Å². The van der Waals surface area contributed by atoms with Crippen LogP contribution in [0.15, 0.2) is 0 Å². The summed E-state index contributed by atoms with van der Waals surface area (Å²) < 4.78 is 19.9. The highest BCUT2D eigenvalue weighted by Crippen LogP contribution is 2.21. The van der Waals surface area contributed by atoms with E-state index in [1.54, 1.807) is 0 Å². The molecule has 0 aliphatic heterocycles. The molecule has 0 heterocycles. The van der Waals surface area contributed by atoms with Crippen LogP contribution < -0.4 is 0 Å². The molecule has 0 spiro atoms. The zero-order chi connectivity index (χ0) is 39.1. The van der Waals surface area contributed by atoms with Gasteiger partial charge in [-0.05, 0) is 19.3 Å². The molecule has 3 nitrogen and oxygen atoms in total. The van der Waals surface area contributed by atoms with Gasteiger partial charge in [-0.15, -0.1) is 0 Å². The third kappa shape index (κ3) is 41.7. The van der Waals surface area contributed by atoms with Crippen LogP contribution in [0, 0.1) is 0 Å². The number of unbranched alkanes of at least 4 members (excludes halogenated alkanes) is 39. The molecule has 0 aromatic carbocycles. The van der Waals surface area contributed by atoms with Crippen LogP contribution in [0.5, 0.6) is 0 Å². The zero-order valence-corrected chi connectivity index (χ0v) is 39.3. The Labute approximate surface area is 344 Å². The highest BCUT2D eigenvalue weighted by Gasteiger charge is 2.39. The number of hydrogen-bond donors (Lipinski definition) is 0. The topological polar surface area (TPSA) is 27.7 Å². The molecule has 0 N–H and O–H groups in total. The van der Waals surface area contributed by atoms with Crippen molar-refractivity contribution in [2.75, 3.05) is 19.8 Å². The first kappa shape index (κ1) is 54.1. The molecule has 0 fully saturated rings. The Morgan fingerprint density at radius 3 is 0.500 bits per heavy atom. The summed E-state index contributed by atoms with van der Waals surface area (Å²) in [7, 11) is -2.58. The van der Waals surface area contributed by atoms with Crippen molar-refractivity contribution in [2.24, 2.45) is 0 Å². The van der Waals surface area contributed by atoms with Crippen molar-refractivity contribution in [1.82, 2.24) is 0 Å². The summed E-state index contributed by atoms with van der Waals surface area (Å²) in [6.07, 6.45) is 58.4. The molecule has 0 radical (unpaired) electrons. The predicted octanol–water partition coefficient (Wildman–Crippen LogP) is 18.4. The van der Waals surface area contributed by atoms with Crippen LogP contribution >= 0.6 is 0 Å². The average Bonchev–Trinajstić information content (AvgIpc) is 3.19. The number of hydrogen-bond acceptors (Lipinski definition) is 3. The van der Waals surface area contributed by atoms with Gasteiger partial charge in [0.15, 0.2) is 0 Å². The summed E-state index contributed by atoms with van der Waals surface area (Å²) in [6, 6.07) is 0.906. The first-order valence-electron chi connectivity index (χ1n) is 25.7. The summed E-state index contributed by atoms with van der Waals surface area (Å²) in [4.78, 5) is 0. The summed E-state index contributed by atoms with van der Waals surface area (Å²) in [5.74, 6) is 0. The lowest BCUT2D eigenvalue weighted by atomic mass is 10.0. The summed E-state index contributed by atoms with van der Waals surface area (Å²) >= 11 is 0. The average molecular weight is 781 g/mol. The molecule has 0 rings (SSSR count). The second kappa shape index (κ2) is 47.5. The van der Waals surface area contributed by atoms with Gasteiger partial charge in [-0.2, -0.15) is 0 Å². The van der Waals surface area contributed by atoms with Crippen molar-refractivity contribution in [1.29, 1.82) is 0 Å². The van der Waals surface area contributed by atoms with Crippen molar-refractivity contribution in [3.05, 3.63) is 0 Å². The molecular formula is C50H104O3Si. The lowest BCUT2D eigenvalue weighted by Crippen LogP contribution is -2.46. The van der Waals surface area contributed by atoms with E-state index in [4.69, 9.17) is 13.3 Å². The Bertz CT molecular complexity index is 574. The summed E-state index contributed by atoms with van der Waals surface area (Å²) in [6.45, 7) is 11.6. The van der Waals surface area contributed by atoms with Crippen LogP contribution in [0.3, 0.4) is 0 Å². The van der Waals surface area contributed by atoms with Gasteiger partial charge in [0.25, 0.3) is 0 Å². The Balaban J connectivity index is 4.20. The third-order valence-electron chi connectivity index (χ3n) is 11.9. The first-order valence-corrected chi connectivity index (χ1v) is 27.6. The van der Waals surface area contributed by atoms with Gasteiger partial charge in [0.05, 0.1) is 0 Å². The van der Waals surface area contributed by atoms with Crippen LogP contribution in [-0.2, 0) is 13.3 Å². The minimum Gasteiger partial charge on any atom is -0.373 e. The highest BCUT2D eigenvalue weighted by molar-refractivity contribution is 6.60. The second-order valence-electron chi connectivity index (χ2n) is 17.4. The van der Waals surface area contributed by atoms with Crippen molar-refractivity contribution in [2.45, 2.75) is 303 Å². The Hall–Kier alpha value is 0.0969. The van der Waals surface area contributed by atoms with E-state index in [0.717, 1.165) is 45.1 Å². The largest absolute Gasteiger partial charge is 0.500 e. The van der Waals surface area contributed by atoms with Crippen molar-refractivity contribution >= 4 is 8.80 Å². The molecule has 0 aliphatic rings. The summed E-state index contributed by atoms with van der Waals surface area (Å²) in [5.41, 5.74) is 0.